The van der Waals surface area contributed by atoms with Crippen molar-refractivity contribution in [2.45, 2.75) is 20.4 Å². The first-order valence-electron chi connectivity index (χ1n) is 9.64. The molecular formula is C20H29IN6O2. The summed E-state index contributed by atoms with van der Waals surface area (Å²) in [5.74, 6) is 1.65. The fraction of sp³-hybridized carbons (Fsp3) is 0.450. The molecule has 1 amide bonds. The molecule has 1 aromatic heterocycles. The van der Waals surface area contributed by atoms with Crippen LogP contribution in [0.15, 0.2) is 41.7 Å². The number of carbonyl (C=O) groups is 1. The second kappa shape index (κ2) is 11.0. The number of hydrogen-bond acceptors (Lipinski definition) is 4. The molecule has 0 unspecified atom stereocenters. The van der Waals surface area contributed by atoms with E-state index in [1.807, 2.05) is 56.3 Å². The lowest BCUT2D eigenvalue weighted by molar-refractivity contribution is -0.120. The summed E-state index contributed by atoms with van der Waals surface area (Å²) in [7, 11) is 1.85. The molecule has 2 heterocycles. The topological polar surface area (TPSA) is 75.0 Å². The number of aromatic nitrogens is 2. The van der Waals surface area contributed by atoms with E-state index in [1.165, 1.54) is 0 Å². The maximum Gasteiger partial charge on any atom is 0.246 e. The number of piperazine rings is 1. The first-order chi connectivity index (χ1) is 13.6. The van der Waals surface area contributed by atoms with Crippen molar-refractivity contribution in [1.82, 2.24) is 20.0 Å². The van der Waals surface area contributed by atoms with Crippen LogP contribution in [0.1, 0.15) is 19.4 Å². The molecule has 1 N–H and O–H groups in total. The van der Waals surface area contributed by atoms with E-state index in [4.69, 9.17) is 9.73 Å². The first kappa shape index (κ1) is 23.0. The lowest BCUT2D eigenvalue weighted by Gasteiger charge is -2.35. The molecule has 0 aliphatic carbocycles. The zero-order chi connectivity index (χ0) is 19.9. The number of rotatable bonds is 6. The van der Waals surface area contributed by atoms with Crippen LogP contribution in [0.5, 0.6) is 5.75 Å². The molecule has 1 aliphatic heterocycles. The number of anilines is 1. The maximum absolute atomic E-state index is 12.7. The monoisotopic (exact) mass is 512 g/mol. The molecule has 2 aromatic rings. The van der Waals surface area contributed by atoms with Gasteiger partial charge in [0.2, 0.25) is 5.91 Å². The number of benzene rings is 1. The maximum atomic E-state index is 12.7. The molecule has 0 spiro atoms. The van der Waals surface area contributed by atoms with Crippen molar-refractivity contribution >= 4 is 41.5 Å². The van der Waals surface area contributed by atoms with Crippen molar-refractivity contribution < 1.29 is 9.53 Å². The highest BCUT2D eigenvalue weighted by atomic mass is 127. The highest BCUT2D eigenvalue weighted by Crippen LogP contribution is 2.17. The van der Waals surface area contributed by atoms with Crippen LogP contribution in [0.2, 0.25) is 0 Å². The lowest BCUT2D eigenvalue weighted by Crippen LogP contribution is -2.55. The molecular weight excluding hydrogens is 483 g/mol. The van der Waals surface area contributed by atoms with Crippen molar-refractivity contribution in [1.29, 1.82) is 0 Å². The van der Waals surface area contributed by atoms with Gasteiger partial charge in [-0.2, -0.15) is 5.10 Å². The number of nitrogens with one attached hydrogen (secondary N) is 1. The summed E-state index contributed by atoms with van der Waals surface area (Å²) in [6.45, 7) is 7.52. The quantitative estimate of drug-likeness (QED) is 0.365. The molecule has 9 heteroatoms. The molecule has 158 valence electrons. The van der Waals surface area contributed by atoms with Gasteiger partial charge in [0, 0.05) is 32.9 Å². The number of halogens is 1. The second-order valence-electron chi connectivity index (χ2n) is 6.59. The molecule has 1 fully saturated rings. The van der Waals surface area contributed by atoms with E-state index < -0.39 is 0 Å². The summed E-state index contributed by atoms with van der Waals surface area (Å²) >= 11 is 0. The fourth-order valence-electron chi connectivity index (χ4n) is 3.17. The number of carbonyl (C=O) groups excluding carboxylic acids is 1. The van der Waals surface area contributed by atoms with Crippen LogP contribution < -0.4 is 15.0 Å². The van der Waals surface area contributed by atoms with Crippen LogP contribution in [0, 0.1) is 0 Å². The molecule has 0 bridgehead atoms. The Balaban J connectivity index is 0.00000300. The van der Waals surface area contributed by atoms with Crippen LogP contribution in [-0.4, -0.2) is 59.3 Å². The van der Waals surface area contributed by atoms with Gasteiger partial charge in [0.05, 0.1) is 25.0 Å². The van der Waals surface area contributed by atoms with Crippen LogP contribution in [0.3, 0.4) is 0 Å². The van der Waals surface area contributed by atoms with E-state index >= 15 is 0 Å². The van der Waals surface area contributed by atoms with Gasteiger partial charge >= 0.3 is 0 Å². The van der Waals surface area contributed by atoms with E-state index in [0.29, 0.717) is 32.8 Å². The molecule has 1 saturated heterocycles. The van der Waals surface area contributed by atoms with E-state index in [2.05, 4.69) is 10.4 Å². The van der Waals surface area contributed by atoms with Gasteiger partial charge in [-0.25, -0.2) is 4.99 Å². The number of aryl methyl sites for hydroxylation is 1. The lowest BCUT2D eigenvalue weighted by atomic mass is 10.2. The molecule has 8 nitrogen and oxygen atoms in total. The SMILES string of the molecule is CCNC(=NCc1cccc(OCC)c1)N1CCN(c2cnn(C)c2)C(=O)C1.I. The summed E-state index contributed by atoms with van der Waals surface area (Å²) in [5.41, 5.74) is 1.91. The van der Waals surface area contributed by atoms with Crippen LogP contribution in [-0.2, 0) is 18.4 Å². The van der Waals surface area contributed by atoms with Crippen molar-refractivity contribution in [3.8, 4) is 5.75 Å². The Bertz CT molecular complexity index is 838. The van der Waals surface area contributed by atoms with Crippen LogP contribution in [0.4, 0.5) is 5.69 Å². The number of ether oxygens (including phenoxy) is 1. The van der Waals surface area contributed by atoms with Gasteiger partial charge in [-0.05, 0) is 31.5 Å². The second-order valence-corrected chi connectivity index (χ2v) is 6.59. The molecule has 0 radical (unpaired) electrons. The third kappa shape index (κ3) is 6.09. The zero-order valence-electron chi connectivity index (χ0n) is 17.2. The van der Waals surface area contributed by atoms with Gasteiger partial charge in [-0.15, -0.1) is 24.0 Å². The summed E-state index contributed by atoms with van der Waals surface area (Å²) < 4.78 is 7.26. The number of guanidine groups is 1. The minimum absolute atomic E-state index is 0. The molecule has 1 aromatic carbocycles. The zero-order valence-corrected chi connectivity index (χ0v) is 19.5. The number of aliphatic imine (C=N–C) groups is 1. The predicted octanol–water partition coefficient (Wildman–Crippen LogP) is 2.25. The molecule has 1 aliphatic rings. The Hall–Kier alpha value is -2.30. The van der Waals surface area contributed by atoms with Crippen molar-refractivity contribution in [2.75, 3.05) is 37.7 Å². The highest BCUT2D eigenvalue weighted by molar-refractivity contribution is 14.0. The summed E-state index contributed by atoms with van der Waals surface area (Å²) in [4.78, 5) is 21.2. The summed E-state index contributed by atoms with van der Waals surface area (Å²) in [6.07, 6.45) is 3.58. The minimum atomic E-state index is 0. The van der Waals surface area contributed by atoms with Crippen molar-refractivity contribution in [2.24, 2.45) is 12.0 Å². The first-order valence-corrected chi connectivity index (χ1v) is 9.64. The molecule has 3 rings (SSSR count). The van der Waals surface area contributed by atoms with Gasteiger partial charge in [-0.1, -0.05) is 12.1 Å². The summed E-state index contributed by atoms with van der Waals surface area (Å²) in [6, 6.07) is 7.94. The minimum Gasteiger partial charge on any atom is -0.494 e. The van der Waals surface area contributed by atoms with E-state index in [0.717, 1.165) is 29.5 Å². The van der Waals surface area contributed by atoms with Gasteiger partial charge < -0.3 is 19.9 Å². The van der Waals surface area contributed by atoms with E-state index in [1.54, 1.807) is 15.8 Å². The Labute approximate surface area is 188 Å². The average molecular weight is 512 g/mol. The van der Waals surface area contributed by atoms with Gasteiger partial charge in [0.1, 0.15) is 12.3 Å². The van der Waals surface area contributed by atoms with Crippen LogP contribution in [0.25, 0.3) is 0 Å². The Morgan fingerprint density at radius 3 is 2.79 bits per heavy atom. The number of hydrogen-bond donors (Lipinski definition) is 1. The summed E-state index contributed by atoms with van der Waals surface area (Å²) in [5, 5.41) is 7.46. The highest BCUT2D eigenvalue weighted by Gasteiger charge is 2.27. The van der Waals surface area contributed by atoms with Crippen molar-refractivity contribution in [3.63, 3.8) is 0 Å². The van der Waals surface area contributed by atoms with Crippen LogP contribution >= 0.6 is 24.0 Å². The smallest absolute Gasteiger partial charge is 0.246 e. The molecule has 0 saturated carbocycles. The number of nitrogens with zero attached hydrogens (tertiary/aromatic N) is 5. The van der Waals surface area contributed by atoms with E-state index in [-0.39, 0.29) is 29.9 Å². The van der Waals surface area contributed by atoms with Gasteiger partial charge in [0.15, 0.2) is 5.96 Å². The largest absolute Gasteiger partial charge is 0.494 e. The van der Waals surface area contributed by atoms with Gasteiger partial charge in [0.25, 0.3) is 0 Å². The predicted molar refractivity (Wildman–Crippen MR) is 125 cm³/mol. The number of amides is 1. The van der Waals surface area contributed by atoms with Crippen molar-refractivity contribution in [3.05, 3.63) is 42.2 Å². The third-order valence-electron chi connectivity index (χ3n) is 4.48. The normalized spacial score (nSPS) is 14.6. The molecule has 29 heavy (non-hydrogen) atoms. The Morgan fingerprint density at radius 2 is 2.14 bits per heavy atom. The Morgan fingerprint density at radius 1 is 1.31 bits per heavy atom. The van der Waals surface area contributed by atoms with Gasteiger partial charge in [-0.3, -0.25) is 9.48 Å². The molecule has 0 atom stereocenters. The third-order valence-corrected chi connectivity index (χ3v) is 4.48. The van der Waals surface area contributed by atoms with E-state index in [9.17, 15) is 4.79 Å². The fourth-order valence-corrected chi connectivity index (χ4v) is 3.17. The Kier molecular flexibility index (Phi) is 8.74. The average Bonchev–Trinajstić information content (AvgIpc) is 3.11. The standard InChI is InChI=1S/C20H28N6O2.HI/c1-4-21-20(22-12-16-7-6-8-18(11-16)28-5-2)25-9-10-26(19(27)15-25)17-13-23-24(3)14-17;/h6-8,11,13-14H,4-5,9-10,12,15H2,1-3H3,(H,21,22);1H.